The highest BCUT2D eigenvalue weighted by Gasteiger charge is 2.27. The molecule has 1 aliphatic heterocycles. The van der Waals surface area contributed by atoms with E-state index in [0.717, 1.165) is 10.0 Å². The third kappa shape index (κ3) is 2.12. The number of carbonyl (C=O) groups excluding carboxylic acids is 1. The molecular formula is C11H11BrN2O3. The molecule has 1 aliphatic rings. The first-order valence-corrected chi connectivity index (χ1v) is 5.83. The normalized spacial score (nSPS) is 16.8. The van der Waals surface area contributed by atoms with Gasteiger partial charge >= 0.3 is 6.09 Å². The summed E-state index contributed by atoms with van der Waals surface area (Å²) >= 11 is 3.35. The molecule has 1 N–H and O–H groups in total. The maximum Gasteiger partial charge on any atom is 0.414 e. The number of nitrogens with zero attached hydrogens (tertiary/aromatic N) is 2. The number of rotatable bonds is 0. The van der Waals surface area contributed by atoms with Crippen LogP contribution in [0.1, 0.15) is 12.0 Å². The number of fused-ring (bicyclic) bond motifs is 1. The zero-order valence-corrected chi connectivity index (χ0v) is 10.8. The number of carbonyl (C=O) groups is 1. The minimum atomic E-state index is -0.412. The number of methoxy groups -OCH3 is 1. The second kappa shape index (κ2) is 4.75. The molecule has 17 heavy (non-hydrogen) atoms. The summed E-state index contributed by atoms with van der Waals surface area (Å²) in [7, 11) is 1.34. The summed E-state index contributed by atoms with van der Waals surface area (Å²) in [6.07, 6.45) is 0.0836. The fourth-order valence-electron chi connectivity index (χ4n) is 1.85. The molecule has 6 heteroatoms. The van der Waals surface area contributed by atoms with E-state index < -0.39 is 6.09 Å². The van der Waals surface area contributed by atoms with E-state index in [9.17, 15) is 4.79 Å². The number of ether oxygens (including phenoxy) is 1. The summed E-state index contributed by atoms with van der Waals surface area (Å²) in [5, 5.41) is 12.2. The maximum atomic E-state index is 11.6. The van der Waals surface area contributed by atoms with E-state index in [2.05, 4.69) is 21.1 Å². The molecular weight excluding hydrogens is 288 g/mol. The zero-order valence-electron chi connectivity index (χ0n) is 9.18. The molecule has 1 amide bonds. The second-order valence-electron chi connectivity index (χ2n) is 3.58. The lowest BCUT2D eigenvalue weighted by molar-refractivity contribution is 0.178. The van der Waals surface area contributed by atoms with Gasteiger partial charge in [0.05, 0.1) is 18.5 Å². The minimum absolute atomic E-state index is 0.412. The Morgan fingerprint density at radius 2 is 2.35 bits per heavy atom. The van der Waals surface area contributed by atoms with Crippen molar-refractivity contribution in [3.63, 3.8) is 0 Å². The third-order valence-corrected chi connectivity index (χ3v) is 3.14. The molecule has 1 aromatic carbocycles. The topological polar surface area (TPSA) is 62.1 Å². The molecule has 90 valence electrons. The fourth-order valence-corrected chi connectivity index (χ4v) is 2.21. The first-order chi connectivity index (χ1) is 8.17. The average molecular weight is 299 g/mol. The Balaban J connectivity index is 2.51. The highest BCUT2D eigenvalue weighted by atomic mass is 79.9. The van der Waals surface area contributed by atoms with E-state index in [1.165, 1.54) is 12.0 Å². The lowest BCUT2D eigenvalue weighted by atomic mass is 10.00. The fraction of sp³-hybridized carbons (Fsp3) is 0.273. The van der Waals surface area contributed by atoms with Crippen molar-refractivity contribution in [2.75, 3.05) is 18.6 Å². The van der Waals surface area contributed by atoms with Crippen molar-refractivity contribution in [2.24, 2.45) is 5.16 Å². The molecule has 0 spiro atoms. The van der Waals surface area contributed by atoms with Crippen LogP contribution in [-0.2, 0) is 4.74 Å². The summed E-state index contributed by atoms with van der Waals surface area (Å²) in [6.45, 7) is 0.445. The standard InChI is InChI=1S/C11H11BrN2O3/c1-17-11(15)14-5-4-9(13-16)8-6-7(12)2-3-10(8)14/h2-3,6,16H,4-5H2,1H3/b13-9+. The molecule has 0 atom stereocenters. The van der Waals surface area contributed by atoms with Crippen molar-refractivity contribution < 1.29 is 14.7 Å². The van der Waals surface area contributed by atoms with Crippen LogP contribution in [0.15, 0.2) is 27.8 Å². The van der Waals surface area contributed by atoms with E-state index in [-0.39, 0.29) is 0 Å². The average Bonchev–Trinajstić information content (AvgIpc) is 2.36. The van der Waals surface area contributed by atoms with Crippen molar-refractivity contribution >= 4 is 33.4 Å². The van der Waals surface area contributed by atoms with Gasteiger partial charge in [-0.1, -0.05) is 21.1 Å². The number of halogens is 1. The van der Waals surface area contributed by atoms with Gasteiger partial charge in [-0.3, -0.25) is 4.90 Å². The smallest absolute Gasteiger partial charge is 0.414 e. The van der Waals surface area contributed by atoms with Crippen molar-refractivity contribution in [3.05, 3.63) is 28.2 Å². The van der Waals surface area contributed by atoms with Crippen molar-refractivity contribution in [1.29, 1.82) is 0 Å². The van der Waals surface area contributed by atoms with Crippen molar-refractivity contribution in [2.45, 2.75) is 6.42 Å². The van der Waals surface area contributed by atoms with Gasteiger partial charge in [0.2, 0.25) is 0 Å². The Kier molecular flexibility index (Phi) is 3.33. The van der Waals surface area contributed by atoms with Crippen LogP contribution in [0.2, 0.25) is 0 Å². The molecule has 0 radical (unpaired) electrons. The predicted molar refractivity (Wildman–Crippen MR) is 66.8 cm³/mol. The Morgan fingerprint density at radius 1 is 1.59 bits per heavy atom. The van der Waals surface area contributed by atoms with Gasteiger partial charge in [-0.05, 0) is 18.2 Å². The zero-order chi connectivity index (χ0) is 12.4. The number of hydrogen-bond acceptors (Lipinski definition) is 4. The number of anilines is 1. The summed E-state index contributed by atoms with van der Waals surface area (Å²) in [6, 6.07) is 5.44. The monoisotopic (exact) mass is 298 g/mol. The Labute approximate surface area is 107 Å². The van der Waals surface area contributed by atoms with Gasteiger partial charge in [0.15, 0.2) is 0 Å². The first kappa shape index (κ1) is 11.9. The van der Waals surface area contributed by atoms with E-state index in [0.29, 0.717) is 24.4 Å². The van der Waals surface area contributed by atoms with Gasteiger partial charge in [-0.25, -0.2) is 4.79 Å². The van der Waals surface area contributed by atoms with Gasteiger partial charge in [0, 0.05) is 23.0 Å². The quantitative estimate of drug-likeness (QED) is 0.591. The van der Waals surface area contributed by atoms with Gasteiger partial charge in [-0.15, -0.1) is 0 Å². The summed E-state index contributed by atoms with van der Waals surface area (Å²) in [5.41, 5.74) is 2.00. The first-order valence-electron chi connectivity index (χ1n) is 5.03. The molecule has 0 unspecified atom stereocenters. The number of hydrogen-bond donors (Lipinski definition) is 1. The highest BCUT2D eigenvalue weighted by molar-refractivity contribution is 9.10. The minimum Gasteiger partial charge on any atom is -0.452 e. The lowest BCUT2D eigenvalue weighted by Crippen LogP contribution is -2.37. The van der Waals surface area contributed by atoms with Crippen LogP contribution in [0, 0.1) is 0 Å². The van der Waals surface area contributed by atoms with E-state index in [1.54, 1.807) is 6.07 Å². The van der Waals surface area contributed by atoms with Crippen LogP contribution < -0.4 is 4.90 Å². The van der Waals surface area contributed by atoms with Crippen LogP contribution in [0.5, 0.6) is 0 Å². The number of oxime groups is 1. The predicted octanol–water partition coefficient (Wildman–Crippen LogP) is 2.60. The second-order valence-corrected chi connectivity index (χ2v) is 4.50. The van der Waals surface area contributed by atoms with Gasteiger partial charge in [0.1, 0.15) is 0 Å². The Hall–Kier alpha value is -1.56. The van der Waals surface area contributed by atoms with Crippen LogP contribution in [-0.4, -0.2) is 30.7 Å². The van der Waals surface area contributed by atoms with Crippen LogP contribution in [0.3, 0.4) is 0 Å². The summed E-state index contributed by atoms with van der Waals surface area (Å²) in [4.78, 5) is 13.1. The van der Waals surface area contributed by atoms with Gasteiger partial charge < -0.3 is 9.94 Å². The van der Waals surface area contributed by atoms with Crippen LogP contribution in [0.25, 0.3) is 0 Å². The molecule has 2 rings (SSSR count). The van der Waals surface area contributed by atoms with E-state index in [4.69, 9.17) is 9.94 Å². The summed E-state index contributed by atoms with van der Waals surface area (Å²) < 4.78 is 5.58. The van der Waals surface area contributed by atoms with Crippen LogP contribution in [0.4, 0.5) is 10.5 Å². The Bertz CT molecular complexity index is 488. The molecule has 0 saturated heterocycles. The molecule has 0 fully saturated rings. The largest absolute Gasteiger partial charge is 0.452 e. The molecule has 1 heterocycles. The number of amides is 1. The lowest BCUT2D eigenvalue weighted by Gasteiger charge is -2.28. The van der Waals surface area contributed by atoms with Crippen molar-refractivity contribution in [1.82, 2.24) is 0 Å². The molecule has 1 aromatic rings. The molecule has 0 saturated carbocycles. The number of benzene rings is 1. The van der Waals surface area contributed by atoms with Gasteiger partial charge in [0.25, 0.3) is 0 Å². The third-order valence-electron chi connectivity index (χ3n) is 2.65. The van der Waals surface area contributed by atoms with E-state index in [1.807, 2.05) is 12.1 Å². The van der Waals surface area contributed by atoms with Gasteiger partial charge in [-0.2, -0.15) is 0 Å². The molecule has 0 bridgehead atoms. The van der Waals surface area contributed by atoms with Crippen molar-refractivity contribution in [3.8, 4) is 0 Å². The van der Waals surface area contributed by atoms with Crippen LogP contribution >= 0.6 is 15.9 Å². The maximum absolute atomic E-state index is 11.6. The molecule has 5 nitrogen and oxygen atoms in total. The van der Waals surface area contributed by atoms with E-state index >= 15 is 0 Å². The molecule has 0 aromatic heterocycles. The molecule has 0 aliphatic carbocycles. The highest BCUT2D eigenvalue weighted by Crippen LogP contribution is 2.30. The summed E-state index contributed by atoms with van der Waals surface area (Å²) in [5.74, 6) is 0. The Morgan fingerprint density at radius 3 is 3.00 bits per heavy atom. The SMILES string of the molecule is COC(=O)N1CC/C(=N\O)c2cc(Br)ccc21.